The Morgan fingerprint density at radius 3 is 2.06 bits per heavy atom. The van der Waals surface area contributed by atoms with Crippen molar-refractivity contribution in [1.82, 2.24) is 0 Å². The number of nitrogens with two attached hydrogens (primary N) is 1. The normalized spacial score (nSPS) is 13.9. The summed E-state index contributed by atoms with van der Waals surface area (Å²) >= 11 is 0. The average Bonchev–Trinajstić information content (AvgIpc) is 2.36. The maximum absolute atomic E-state index is 13.0. The van der Waals surface area contributed by atoms with Gasteiger partial charge < -0.3 is 5.73 Å². The SMILES string of the molecule is CCC(CC)CC(N)C(C)(C)c1ccc(F)cc1. The zero-order valence-electron chi connectivity index (χ0n) is 12.0. The summed E-state index contributed by atoms with van der Waals surface area (Å²) in [6.45, 7) is 8.72. The Morgan fingerprint density at radius 1 is 1.11 bits per heavy atom. The number of hydrogen-bond acceptors (Lipinski definition) is 1. The molecule has 0 amide bonds. The molecule has 1 unspecified atom stereocenters. The second kappa shape index (κ2) is 6.33. The van der Waals surface area contributed by atoms with Gasteiger partial charge in [0.25, 0.3) is 0 Å². The van der Waals surface area contributed by atoms with Crippen LogP contribution in [0, 0.1) is 11.7 Å². The first-order valence-electron chi connectivity index (χ1n) is 6.93. The molecule has 2 N–H and O–H groups in total. The van der Waals surface area contributed by atoms with E-state index >= 15 is 0 Å². The molecule has 0 aliphatic carbocycles. The van der Waals surface area contributed by atoms with Crippen molar-refractivity contribution in [3.8, 4) is 0 Å². The average molecular weight is 251 g/mol. The van der Waals surface area contributed by atoms with Crippen LogP contribution in [-0.2, 0) is 5.41 Å². The summed E-state index contributed by atoms with van der Waals surface area (Å²) in [5, 5.41) is 0. The quantitative estimate of drug-likeness (QED) is 0.803. The van der Waals surface area contributed by atoms with Crippen molar-refractivity contribution >= 4 is 0 Å². The van der Waals surface area contributed by atoms with Crippen molar-refractivity contribution in [1.29, 1.82) is 0 Å². The Kier molecular flexibility index (Phi) is 5.33. The smallest absolute Gasteiger partial charge is 0.123 e. The molecular formula is C16H26FN. The molecule has 1 aromatic rings. The van der Waals surface area contributed by atoms with Crippen molar-refractivity contribution in [2.24, 2.45) is 11.7 Å². The topological polar surface area (TPSA) is 26.0 Å². The van der Waals surface area contributed by atoms with Crippen LogP contribution < -0.4 is 5.73 Å². The number of halogens is 1. The van der Waals surface area contributed by atoms with E-state index in [9.17, 15) is 4.39 Å². The van der Waals surface area contributed by atoms with Gasteiger partial charge in [0.1, 0.15) is 5.82 Å². The molecule has 102 valence electrons. The summed E-state index contributed by atoms with van der Waals surface area (Å²) in [7, 11) is 0. The van der Waals surface area contributed by atoms with Crippen LogP contribution in [0.15, 0.2) is 24.3 Å². The Hall–Kier alpha value is -0.890. The van der Waals surface area contributed by atoms with E-state index in [0.29, 0.717) is 5.92 Å². The molecule has 0 saturated heterocycles. The third kappa shape index (κ3) is 3.55. The van der Waals surface area contributed by atoms with E-state index in [4.69, 9.17) is 5.73 Å². The molecule has 0 aliphatic rings. The van der Waals surface area contributed by atoms with Gasteiger partial charge in [0, 0.05) is 11.5 Å². The second-order valence-corrected chi connectivity index (χ2v) is 5.75. The minimum atomic E-state index is -0.192. The predicted molar refractivity (Wildman–Crippen MR) is 76.1 cm³/mol. The van der Waals surface area contributed by atoms with Crippen molar-refractivity contribution in [3.63, 3.8) is 0 Å². The van der Waals surface area contributed by atoms with Gasteiger partial charge in [0.2, 0.25) is 0 Å². The minimum Gasteiger partial charge on any atom is -0.327 e. The van der Waals surface area contributed by atoms with Gasteiger partial charge in [-0.1, -0.05) is 52.7 Å². The van der Waals surface area contributed by atoms with Crippen LogP contribution in [0.4, 0.5) is 4.39 Å². The molecule has 0 aromatic heterocycles. The van der Waals surface area contributed by atoms with Crippen LogP contribution in [0.5, 0.6) is 0 Å². The highest BCUT2D eigenvalue weighted by atomic mass is 19.1. The van der Waals surface area contributed by atoms with Crippen LogP contribution in [-0.4, -0.2) is 6.04 Å². The van der Waals surface area contributed by atoms with Crippen LogP contribution in [0.25, 0.3) is 0 Å². The first kappa shape index (κ1) is 15.2. The molecule has 0 saturated carbocycles. The summed E-state index contributed by atoms with van der Waals surface area (Å²) in [4.78, 5) is 0. The molecule has 1 aromatic carbocycles. The van der Waals surface area contributed by atoms with Gasteiger partial charge in [-0.15, -0.1) is 0 Å². The maximum Gasteiger partial charge on any atom is 0.123 e. The molecule has 1 atom stereocenters. The van der Waals surface area contributed by atoms with E-state index in [2.05, 4.69) is 27.7 Å². The highest BCUT2D eigenvalue weighted by molar-refractivity contribution is 5.26. The molecular weight excluding hydrogens is 225 g/mol. The summed E-state index contributed by atoms with van der Waals surface area (Å²) in [5.74, 6) is 0.489. The molecule has 0 heterocycles. The molecule has 1 nitrogen and oxygen atoms in total. The van der Waals surface area contributed by atoms with Gasteiger partial charge in [0.05, 0.1) is 0 Å². The fraction of sp³-hybridized carbons (Fsp3) is 0.625. The Balaban J connectivity index is 2.81. The molecule has 0 bridgehead atoms. The molecule has 18 heavy (non-hydrogen) atoms. The third-order valence-corrected chi connectivity index (χ3v) is 4.26. The van der Waals surface area contributed by atoms with Gasteiger partial charge in [-0.2, -0.15) is 0 Å². The van der Waals surface area contributed by atoms with E-state index in [1.54, 1.807) is 0 Å². The summed E-state index contributed by atoms with van der Waals surface area (Å²) in [6.07, 6.45) is 3.37. The van der Waals surface area contributed by atoms with Gasteiger partial charge in [-0.25, -0.2) is 4.39 Å². The van der Waals surface area contributed by atoms with E-state index in [1.165, 1.54) is 25.0 Å². The zero-order valence-corrected chi connectivity index (χ0v) is 12.0. The standard InChI is InChI=1S/C16H26FN/c1-5-12(6-2)11-15(18)16(3,4)13-7-9-14(17)10-8-13/h7-10,12,15H,5-6,11,18H2,1-4H3. The fourth-order valence-corrected chi connectivity index (χ4v) is 2.37. The van der Waals surface area contributed by atoms with E-state index in [0.717, 1.165) is 12.0 Å². The first-order valence-corrected chi connectivity index (χ1v) is 6.93. The summed E-state index contributed by atoms with van der Waals surface area (Å²) < 4.78 is 13.0. The number of benzene rings is 1. The second-order valence-electron chi connectivity index (χ2n) is 5.75. The molecule has 0 radical (unpaired) electrons. The Morgan fingerprint density at radius 2 is 1.61 bits per heavy atom. The molecule has 2 heteroatoms. The largest absolute Gasteiger partial charge is 0.327 e. The Labute approximate surface area is 111 Å². The number of hydrogen-bond donors (Lipinski definition) is 1. The minimum absolute atomic E-state index is 0.105. The fourth-order valence-electron chi connectivity index (χ4n) is 2.37. The third-order valence-electron chi connectivity index (χ3n) is 4.26. The van der Waals surface area contributed by atoms with Gasteiger partial charge in [-0.3, -0.25) is 0 Å². The van der Waals surface area contributed by atoms with Crippen LogP contribution in [0.2, 0.25) is 0 Å². The highest BCUT2D eigenvalue weighted by Gasteiger charge is 2.29. The zero-order chi connectivity index (χ0) is 13.8. The van der Waals surface area contributed by atoms with Crippen LogP contribution >= 0.6 is 0 Å². The van der Waals surface area contributed by atoms with Gasteiger partial charge in [-0.05, 0) is 30.0 Å². The lowest BCUT2D eigenvalue weighted by atomic mass is 9.74. The van der Waals surface area contributed by atoms with Gasteiger partial charge >= 0.3 is 0 Å². The van der Waals surface area contributed by atoms with E-state index in [1.807, 2.05) is 12.1 Å². The predicted octanol–water partition coefficient (Wildman–Crippen LogP) is 4.26. The lowest BCUT2D eigenvalue weighted by Gasteiger charge is -2.34. The molecule has 0 aliphatic heterocycles. The van der Waals surface area contributed by atoms with Crippen LogP contribution in [0.3, 0.4) is 0 Å². The van der Waals surface area contributed by atoms with Crippen molar-refractivity contribution in [2.75, 3.05) is 0 Å². The summed E-state index contributed by atoms with van der Waals surface area (Å²) in [6, 6.07) is 6.83. The lowest BCUT2D eigenvalue weighted by Crippen LogP contribution is -2.42. The van der Waals surface area contributed by atoms with E-state index in [-0.39, 0.29) is 17.3 Å². The number of rotatable bonds is 6. The van der Waals surface area contributed by atoms with Gasteiger partial charge in [0.15, 0.2) is 0 Å². The lowest BCUT2D eigenvalue weighted by molar-refractivity contribution is 0.318. The Bertz CT molecular complexity index is 352. The summed E-state index contributed by atoms with van der Waals surface area (Å²) in [5.41, 5.74) is 7.38. The van der Waals surface area contributed by atoms with Crippen molar-refractivity contribution in [2.45, 2.75) is 58.4 Å². The van der Waals surface area contributed by atoms with Crippen molar-refractivity contribution in [3.05, 3.63) is 35.6 Å². The highest BCUT2D eigenvalue weighted by Crippen LogP contribution is 2.30. The molecule has 0 fully saturated rings. The van der Waals surface area contributed by atoms with E-state index < -0.39 is 0 Å². The maximum atomic E-state index is 13.0. The monoisotopic (exact) mass is 251 g/mol. The molecule has 1 rings (SSSR count). The molecule has 0 spiro atoms. The van der Waals surface area contributed by atoms with Crippen molar-refractivity contribution < 1.29 is 4.39 Å². The first-order chi connectivity index (χ1) is 8.41. The van der Waals surface area contributed by atoms with Crippen LogP contribution in [0.1, 0.15) is 52.5 Å².